The Balaban J connectivity index is 1.63. The molecule has 2 fully saturated rings. The van der Waals surface area contributed by atoms with Crippen molar-refractivity contribution in [2.75, 3.05) is 49.2 Å². The van der Waals surface area contributed by atoms with Crippen LogP contribution in [0.2, 0.25) is 5.02 Å². The number of thioether (sulfide) groups is 2. The lowest BCUT2D eigenvalue weighted by Gasteiger charge is -2.31. The van der Waals surface area contributed by atoms with E-state index >= 15 is 0 Å². The summed E-state index contributed by atoms with van der Waals surface area (Å²) >= 11 is 9.79. The maximum absolute atomic E-state index is 13.1. The predicted octanol–water partition coefficient (Wildman–Crippen LogP) is 3.43. The second-order valence-electron chi connectivity index (χ2n) is 7.00. The Kier molecular flexibility index (Phi) is 8.22. The van der Waals surface area contributed by atoms with Gasteiger partial charge in [0.15, 0.2) is 0 Å². The molecule has 1 aromatic carbocycles. The van der Waals surface area contributed by atoms with Crippen molar-refractivity contribution in [1.82, 2.24) is 9.80 Å². The molecule has 3 rings (SSSR count). The van der Waals surface area contributed by atoms with Crippen LogP contribution >= 0.6 is 35.1 Å². The molecule has 0 bridgehead atoms. The molecule has 7 heteroatoms. The van der Waals surface area contributed by atoms with E-state index in [0.29, 0.717) is 24.3 Å². The summed E-state index contributed by atoms with van der Waals surface area (Å²) in [7, 11) is 0. The standard InChI is InChI=1S/C20H27ClN2O2S2/c21-18-4-1-16(2-5-18)15-17(20(25)23-9-13-27-14-10-23)3-6-19(24)22-7-11-26-12-8-22/h1-2,4-5,17H,3,6-15H2. The highest BCUT2D eigenvalue weighted by Gasteiger charge is 2.27. The Labute approximate surface area is 175 Å². The van der Waals surface area contributed by atoms with Crippen molar-refractivity contribution in [2.45, 2.75) is 19.3 Å². The largest absolute Gasteiger partial charge is 0.341 e. The molecule has 1 unspecified atom stereocenters. The van der Waals surface area contributed by atoms with E-state index in [1.54, 1.807) is 0 Å². The van der Waals surface area contributed by atoms with Crippen molar-refractivity contribution in [1.29, 1.82) is 0 Å². The third-order valence-corrected chi connectivity index (χ3v) is 7.27. The van der Waals surface area contributed by atoms with Gasteiger partial charge < -0.3 is 9.80 Å². The number of nitrogens with zero attached hydrogens (tertiary/aromatic N) is 2. The molecule has 0 spiro atoms. The van der Waals surface area contributed by atoms with E-state index in [2.05, 4.69) is 0 Å². The van der Waals surface area contributed by atoms with E-state index < -0.39 is 0 Å². The first kappa shape index (κ1) is 20.9. The molecule has 0 saturated carbocycles. The zero-order chi connectivity index (χ0) is 19.1. The SMILES string of the molecule is O=C(CCC(Cc1ccc(Cl)cc1)C(=O)N1CCSCC1)N1CCSCC1. The van der Waals surface area contributed by atoms with Gasteiger partial charge in [0, 0.05) is 66.6 Å². The van der Waals surface area contributed by atoms with Gasteiger partial charge >= 0.3 is 0 Å². The smallest absolute Gasteiger partial charge is 0.226 e. The maximum Gasteiger partial charge on any atom is 0.226 e. The highest BCUT2D eigenvalue weighted by atomic mass is 35.5. The number of halogens is 1. The van der Waals surface area contributed by atoms with Crippen molar-refractivity contribution in [2.24, 2.45) is 5.92 Å². The molecular formula is C20H27ClN2O2S2. The molecular weight excluding hydrogens is 400 g/mol. The monoisotopic (exact) mass is 426 g/mol. The van der Waals surface area contributed by atoms with Crippen LogP contribution in [-0.2, 0) is 16.0 Å². The topological polar surface area (TPSA) is 40.6 Å². The zero-order valence-corrected chi connectivity index (χ0v) is 18.0. The summed E-state index contributed by atoms with van der Waals surface area (Å²) in [6.07, 6.45) is 1.74. The third kappa shape index (κ3) is 6.33. The zero-order valence-electron chi connectivity index (χ0n) is 15.6. The summed E-state index contributed by atoms with van der Waals surface area (Å²) < 4.78 is 0. The van der Waals surface area contributed by atoms with E-state index in [-0.39, 0.29) is 17.7 Å². The Morgan fingerprint density at radius 2 is 1.48 bits per heavy atom. The molecule has 2 amide bonds. The fraction of sp³-hybridized carbons (Fsp3) is 0.600. The number of hydrogen-bond donors (Lipinski definition) is 0. The Bertz CT molecular complexity index is 629. The summed E-state index contributed by atoms with van der Waals surface area (Å²) in [5, 5.41) is 0.702. The molecule has 0 aromatic heterocycles. The molecule has 27 heavy (non-hydrogen) atoms. The minimum atomic E-state index is -0.141. The van der Waals surface area contributed by atoms with Gasteiger partial charge in [-0.05, 0) is 30.5 Å². The van der Waals surface area contributed by atoms with Gasteiger partial charge in [0.2, 0.25) is 11.8 Å². The van der Waals surface area contributed by atoms with Gasteiger partial charge in [-0.3, -0.25) is 9.59 Å². The molecule has 0 N–H and O–H groups in total. The molecule has 2 aliphatic heterocycles. The van der Waals surface area contributed by atoms with Gasteiger partial charge in [0.25, 0.3) is 0 Å². The Hall–Kier alpha value is -0.850. The lowest BCUT2D eigenvalue weighted by molar-refractivity contribution is -0.136. The molecule has 4 nitrogen and oxygen atoms in total. The van der Waals surface area contributed by atoms with Crippen LogP contribution in [0, 0.1) is 5.92 Å². The Morgan fingerprint density at radius 3 is 2.07 bits per heavy atom. The van der Waals surface area contributed by atoms with Crippen LogP contribution in [-0.4, -0.2) is 70.8 Å². The van der Waals surface area contributed by atoms with E-state index in [9.17, 15) is 9.59 Å². The average molecular weight is 427 g/mol. The quantitative estimate of drug-likeness (QED) is 0.698. The first-order chi connectivity index (χ1) is 13.1. The fourth-order valence-electron chi connectivity index (χ4n) is 3.53. The number of carbonyl (C=O) groups is 2. The van der Waals surface area contributed by atoms with E-state index in [1.165, 1.54) is 0 Å². The number of hydrogen-bond acceptors (Lipinski definition) is 4. The van der Waals surface area contributed by atoms with Crippen molar-refractivity contribution in [3.8, 4) is 0 Å². The van der Waals surface area contributed by atoms with Gasteiger partial charge in [-0.2, -0.15) is 23.5 Å². The van der Waals surface area contributed by atoms with Crippen LogP contribution in [0.4, 0.5) is 0 Å². The summed E-state index contributed by atoms with van der Waals surface area (Å²) in [6, 6.07) is 7.70. The number of carbonyl (C=O) groups excluding carboxylic acids is 2. The predicted molar refractivity (Wildman–Crippen MR) is 116 cm³/mol. The summed E-state index contributed by atoms with van der Waals surface area (Å²) in [5.74, 6) is 4.30. The van der Waals surface area contributed by atoms with Gasteiger partial charge in [-0.25, -0.2) is 0 Å². The number of rotatable bonds is 6. The van der Waals surface area contributed by atoms with Crippen LogP contribution in [0.15, 0.2) is 24.3 Å². The first-order valence-corrected chi connectivity index (χ1v) is 12.3. The van der Waals surface area contributed by atoms with Crippen molar-refractivity contribution >= 4 is 46.9 Å². The number of benzene rings is 1. The summed E-state index contributed by atoms with van der Waals surface area (Å²) in [5.41, 5.74) is 1.10. The van der Waals surface area contributed by atoms with Crippen LogP contribution in [0.5, 0.6) is 0 Å². The van der Waals surface area contributed by atoms with Crippen molar-refractivity contribution in [3.05, 3.63) is 34.9 Å². The van der Waals surface area contributed by atoms with Gasteiger partial charge in [0.1, 0.15) is 0 Å². The molecule has 2 saturated heterocycles. The van der Waals surface area contributed by atoms with E-state index in [0.717, 1.165) is 54.8 Å². The maximum atomic E-state index is 13.1. The van der Waals surface area contributed by atoms with E-state index in [1.807, 2.05) is 57.6 Å². The Morgan fingerprint density at radius 1 is 0.926 bits per heavy atom. The van der Waals surface area contributed by atoms with Gasteiger partial charge in [0.05, 0.1) is 0 Å². The van der Waals surface area contributed by atoms with Gasteiger partial charge in [-0.15, -0.1) is 0 Å². The van der Waals surface area contributed by atoms with Crippen LogP contribution < -0.4 is 0 Å². The van der Waals surface area contributed by atoms with Gasteiger partial charge in [-0.1, -0.05) is 23.7 Å². The normalized spacial score (nSPS) is 19.0. The van der Waals surface area contributed by atoms with Crippen LogP contribution in [0.1, 0.15) is 18.4 Å². The summed E-state index contributed by atoms with van der Waals surface area (Å²) in [6.45, 7) is 3.31. The minimum Gasteiger partial charge on any atom is -0.341 e. The second-order valence-corrected chi connectivity index (χ2v) is 9.88. The molecule has 0 aliphatic carbocycles. The highest BCUT2D eigenvalue weighted by Crippen LogP contribution is 2.22. The van der Waals surface area contributed by atoms with Crippen molar-refractivity contribution in [3.63, 3.8) is 0 Å². The van der Waals surface area contributed by atoms with E-state index in [4.69, 9.17) is 11.6 Å². The molecule has 0 radical (unpaired) electrons. The molecule has 1 aromatic rings. The minimum absolute atomic E-state index is 0.141. The lowest BCUT2D eigenvalue weighted by atomic mass is 9.93. The van der Waals surface area contributed by atoms with Crippen molar-refractivity contribution < 1.29 is 9.59 Å². The second kappa shape index (κ2) is 10.6. The number of amides is 2. The molecule has 2 heterocycles. The molecule has 2 aliphatic rings. The summed E-state index contributed by atoms with van der Waals surface area (Å²) in [4.78, 5) is 29.6. The van der Waals surface area contributed by atoms with Crippen LogP contribution in [0.3, 0.4) is 0 Å². The third-order valence-electron chi connectivity index (χ3n) is 5.14. The first-order valence-electron chi connectivity index (χ1n) is 9.60. The fourth-order valence-corrected chi connectivity index (χ4v) is 5.46. The molecule has 148 valence electrons. The highest BCUT2D eigenvalue weighted by molar-refractivity contribution is 7.99. The lowest BCUT2D eigenvalue weighted by Crippen LogP contribution is -2.43. The van der Waals surface area contributed by atoms with Crippen LogP contribution in [0.25, 0.3) is 0 Å². The average Bonchev–Trinajstić information content (AvgIpc) is 2.73. The molecule has 1 atom stereocenters.